The Labute approximate surface area is 75.4 Å². The number of urea groups is 1. The number of carboxylic acid groups (broad SMARTS) is 1. The number of rotatable bonds is 4. The summed E-state index contributed by atoms with van der Waals surface area (Å²) < 4.78 is 0. The van der Waals surface area contributed by atoms with Crippen LogP contribution in [-0.2, 0) is 9.63 Å². The summed E-state index contributed by atoms with van der Waals surface area (Å²) in [6, 6.07) is -0.584. The van der Waals surface area contributed by atoms with Gasteiger partial charge in [0.05, 0.1) is 6.54 Å². The summed E-state index contributed by atoms with van der Waals surface area (Å²) in [6.45, 7) is -0.460. The molecule has 13 heavy (non-hydrogen) atoms. The zero-order valence-electron chi connectivity index (χ0n) is 7.11. The van der Waals surface area contributed by atoms with Gasteiger partial charge in [-0.3, -0.25) is 4.84 Å². The molecule has 6 heteroatoms. The molecule has 72 valence electrons. The predicted octanol–water partition coefficient (Wildman–Crippen LogP) is -0.723. The molecule has 0 heterocycles. The van der Waals surface area contributed by atoms with Crippen LogP contribution in [0.4, 0.5) is 4.79 Å². The van der Waals surface area contributed by atoms with E-state index in [1.54, 1.807) is 0 Å². The van der Waals surface area contributed by atoms with Gasteiger partial charge in [-0.25, -0.2) is 15.1 Å². The number of nitrogens with one attached hydrogen (secondary N) is 1. The van der Waals surface area contributed by atoms with Crippen LogP contribution in [0.15, 0.2) is 0 Å². The van der Waals surface area contributed by atoms with Gasteiger partial charge in [0.15, 0.2) is 6.61 Å². The number of carbonyl (C=O) groups excluding carboxylic acids is 1. The van der Waals surface area contributed by atoms with E-state index in [4.69, 9.17) is 11.5 Å². The van der Waals surface area contributed by atoms with Gasteiger partial charge < -0.3 is 10.0 Å². The molecular weight excluding hydrogens is 176 g/mol. The first-order chi connectivity index (χ1) is 6.07. The van der Waals surface area contributed by atoms with Crippen molar-refractivity contribution in [3.8, 4) is 12.3 Å². The molecule has 0 aromatic rings. The average Bonchev–Trinajstić information content (AvgIpc) is 2.04. The fourth-order valence-electron chi connectivity index (χ4n) is 0.446. The second kappa shape index (κ2) is 5.85. The number of carbonyl (C=O) groups is 2. The predicted molar refractivity (Wildman–Crippen MR) is 43.6 cm³/mol. The van der Waals surface area contributed by atoms with Crippen molar-refractivity contribution in [2.75, 3.05) is 20.2 Å². The molecule has 0 aromatic heterocycles. The second-order valence-electron chi connectivity index (χ2n) is 2.15. The lowest BCUT2D eigenvalue weighted by atomic mass is 10.6. The van der Waals surface area contributed by atoms with Gasteiger partial charge in [-0.15, -0.1) is 6.42 Å². The first kappa shape index (κ1) is 11.3. The lowest BCUT2D eigenvalue weighted by molar-refractivity contribution is -0.144. The highest BCUT2D eigenvalue weighted by Gasteiger charge is 2.06. The van der Waals surface area contributed by atoms with E-state index in [2.05, 4.69) is 10.8 Å². The highest BCUT2D eigenvalue weighted by molar-refractivity contribution is 5.73. The van der Waals surface area contributed by atoms with Gasteiger partial charge in [0.25, 0.3) is 0 Å². The molecule has 0 saturated heterocycles. The van der Waals surface area contributed by atoms with Crippen LogP contribution in [-0.4, -0.2) is 42.2 Å². The van der Waals surface area contributed by atoms with Crippen molar-refractivity contribution in [1.29, 1.82) is 0 Å². The first-order valence-electron chi connectivity index (χ1n) is 3.36. The lowest BCUT2D eigenvalue weighted by Gasteiger charge is -2.13. The fourth-order valence-corrected chi connectivity index (χ4v) is 0.446. The molecule has 0 radical (unpaired) electrons. The third-order valence-corrected chi connectivity index (χ3v) is 1.03. The van der Waals surface area contributed by atoms with Crippen molar-refractivity contribution in [1.82, 2.24) is 10.4 Å². The highest BCUT2D eigenvalue weighted by Crippen LogP contribution is 1.82. The molecule has 0 bridgehead atoms. The summed E-state index contributed by atoms with van der Waals surface area (Å²) in [5.74, 6) is 1.07. The quantitative estimate of drug-likeness (QED) is 0.448. The van der Waals surface area contributed by atoms with E-state index in [-0.39, 0.29) is 6.54 Å². The number of hydrogen-bond donors (Lipinski definition) is 2. The van der Waals surface area contributed by atoms with Crippen molar-refractivity contribution in [3.05, 3.63) is 0 Å². The molecule has 0 atom stereocenters. The fraction of sp³-hybridized carbons (Fsp3) is 0.429. The maximum Gasteiger partial charge on any atom is 0.341 e. The molecule has 0 fully saturated rings. The van der Waals surface area contributed by atoms with Crippen molar-refractivity contribution in [2.24, 2.45) is 0 Å². The van der Waals surface area contributed by atoms with Crippen LogP contribution >= 0.6 is 0 Å². The molecular formula is C7H10N2O4. The van der Waals surface area contributed by atoms with E-state index in [9.17, 15) is 9.59 Å². The van der Waals surface area contributed by atoms with Crippen LogP contribution in [0.25, 0.3) is 0 Å². The summed E-state index contributed by atoms with van der Waals surface area (Å²) in [5.41, 5.74) is 1.91. The van der Waals surface area contributed by atoms with Crippen LogP contribution in [0.5, 0.6) is 0 Å². The van der Waals surface area contributed by atoms with Gasteiger partial charge in [0.2, 0.25) is 0 Å². The van der Waals surface area contributed by atoms with Gasteiger partial charge in [-0.05, 0) is 0 Å². The smallest absolute Gasteiger partial charge is 0.341 e. The molecule has 0 aliphatic heterocycles. The van der Waals surface area contributed by atoms with E-state index in [0.717, 1.165) is 0 Å². The van der Waals surface area contributed by atoms with Gasteiger partial charge in [-0.2, -0.15) is 0 Å². The number of nitrogens with zero attached hydrogens (tertiary/aromatic N) is 1. The van der Waals surface area contributed by atoms with Crippen LogP contribution in [0, 0.1) is 12.3 Å². The van der Waals surface area contributed by atoms with Crippen LogP contribution < -0.4 is 5.48 Å². The maximum atomic E-state index is 10.9. The molecule has 0 unspecified atom stereocenters. The molecule has 0 aliphatic carbocycles. The minimum Gasteiger partial charge on any atom is -0.479 e. The Kier molecular flexibility index (Phi) is 5.07. The minimum absolute atomic E-state index is 0.127. The number of hydrogen-bond acceptors (Lipinski definition) is 3. The van der Waals surface area contributed by atoms with E-state index < -0.39 is 18.6 Å². The number of aliphatic carboxylic acids is 1. The van der Waals surface area contributed by atoms with Gasteiger partial charge >= 0.3 is 12.0 Å². The first-order valence-corrected chi connectivity index (χ1v) is 3.36. The van der Waals surface area contributed by atoms with E-state index in [0.29, 0.717) is 0 Å². The van der Waals surface area contributed by atoms with Crippen molar-refractivity contribution in [2.45, 2.75) is 0 Å². The van der Waals surface area contributed by atoms with Crippen molar-refractivity contribution in [3.63, 3.8) is 0 Å². The molecule has 2 amide bonds. The summed E-state index contributed by atoms with van der Waals surface area (Å²) in [5, 5.41) is 8.15. The third kappa shape index (κ3) is 5.52. The summed E-state index contributed by atoms with van der Waals surface area (Å²) in [4.78, 5) is 26.4. The SMILES string of the molecule is C#CCN(C)C(=O)NOCC(=O)O. The zero-order chi connectivity index (χ0) is 10.3. The second-order valence-corrected chi connectivity index (χ2v) is 2.15. The number of terminal acetylenes is 1. The van der Waals surface area contributed by atoms with E-state index >= 15 is 0 Å². The Bertz CT molecular complexity index is 233. The number of carboxylic acids is 1. The maximum absolute atomic E-state index is 10.9. The Morgan fingerprint density at radius 1 is 1.69 bits per heavy atom. The Morgan fingerprint density at radius 3 is 2.77 bits per heavy atom. The molecule has 0 spiro atoms. The third-order valence-electron chi connectivity index (χ3n) is 1.03. The minimum atomic E-state index is -1.17. The molecule has 0 rings (SSSR count). The Morgan fingerprint density at radius 2 is 2.31 bits per heavy atom. The summed E-state index contributed by atoms with van der Waals surface area (Å²) >= 11 is 0. The summed E-state index contributed by atoms with van der Waals surface area (Å²) in [7, 11) is 1.46. The van der Waals surface area contributed by atoms with Gasteiger partial charge in [-0.1, -0.05) is 5.92 Å². The molecule has 0 aliphatic rings. The Balaban J connectivity index is 3.63. The topological polar surface area (TPSA) is 78.9 Å². The molecule has 0 saturated carbocycles. The van der Waals surface area contributed by atoms with E-state index in [1.165, 1.54) is 11.9 Å². The number of amides is 2. The molecule has 0 aromatic carbocycles. The van der Waals surface area contributed by atoms with Gasteiger partial charge in [0.1, 0.15) is 0 Å². The van der Waals surface area contributed by atoms with Crippen LogP contribution in [0.2, 0.25) is 0 Å². The molecule has 6 nitrogen and oxygen atoms in total. The summed E-state index contributed by atoms with van der Waals surface area (Å²) in [6.07, 6.45) is 4.94. The van der Waals surface area contributed by atoms with E-state index in [1.807, 2.05) is 5.48 Å². The number of hydroxylamine groups is 1. The largest absolute Gasteiger partial charge is 0.479 e. The van der Waals surface area contributed by atoms with Crippen molar-refractivity contribution < 1.29 is 19.5 Å². The van der Waals surface area contributed by atoms with Crippen LogP contribution in [0.3, 0.4) is 0 Å². The van der Waals surface area contributed by atoms with Gasteiger partial charge in [0, 0.05) is 7.05 Å². The standard InChI is InChI=1S/C7H10N2O4/c1-3-4-9(2)7(12)8-13-5-6(10)11/h1H,4-5H2,2H3,(H,8,12)(H,10,11). The Hall–Kier alpha value is -1.74. The zero-order valence-corrected chi connectivity index (χ0v) is 7.11. The monoisotopic (exact) mass is 186 g/mol. The van der Waals surface area contributed by atoms with Crippen molar-refractivity contribution >= 4 is 12.0 Å². The normalized spacial score (nSPS) is 8.62. The average molecular weight is 186 g/mol. The highest BCUT2D eigenvalue weighted by atomic mass is 16.7. The lowest BCUT2D eigenvalue weighted by Crippen LogP contribution is -2.38. The van der Waals surface area contributed by atoms with Crippen LogP contribution in [0.1, 0.15) is 0 Å². The molecule has 2 N–H and O–H groups in total.